The molecule has 2 aromatic carbocycles. The van der Waals surface area contributed by atoms with Crippen molar-refractivity contribution < 1.29 is 4.74 Å². The highest BCUT2D eigenvalue weighted by molar-refractivity contribution is 9.10. The van der Waals surface area contributed by atoms with E-state index in [2.05, 4.69) is 58.5 Å². The fourth-order valence-electron chi connectivity index (χ4n) is 1.97. The summed E-state index contributed by atoms with van der Waals surface area (Å²) in [6, 6.07) is 14.5. The third-order valence-corrected chi connectivity index (χ3v) is 3.58. The second-order valence-corrected chi connectivity index (χ2v) is 5.27. The number of hydrogen-bond acceptors (Lipinski definition) is 2. The Labute approximate surface area is 122 Å². The Balaban J connectivity index is 2.05. The topological polar surface area (TPSA) is 21.3 Å². The van der Waals surface area contributed by atoms with E-state index in [0.717, 1.165) is 23.2 Å². The minimum atomic E-state index is 0.818. The number of aryl methyl sites for hydroxylation is 1. The maximum Gasteiger partial charge on any atom is 0.118 e. The molecule has 0 amide bonds. The van der Waals surface area contributed by atoms with Gasteiger partial charge in [0.15, 0.2) is 0 Å². The highest BCUT2D eigenvalue weighted by atomic mass is 79.9. The van der Waals surface area contributed by atoms with Crippen molar-refractivity contribution in [1.82, 2.24) is 0 Å². The van der Waals surface area contributed by atoms with Crippen LogP contribution < -0.4 is 10.1 Å². The van der Waals surface area contributed by atoms with Gasteiger partial charge < -0.3 is 10.1 Å². The van der Waals surface area contributed by atoms with Gasteiger partial charge in [0, 0.05) is 16.7 Å². The van der Waals surface area contributed by atoms with Gasteiger partial charge >= 0.3 is 0 Å². The van der Waals surface area contributed by atoms with Crippen LogP contribution in [0.5, 0.6) is 5.75 Å². The molecule has 0 aliphatic heterocycles. The van der Waals surface area contributed by atoms with Gasteiger partial charge in [0.2, 0.25) is 0 Å². The molecule has 0 aromatic heterocycles. The lowest BCUT2D eigenvalue weighted by Crippen LogP contribution is -2.02. The first-order chi connectivity index (χ1) is 9.22. The van der Waals surface area contributed by atoms with Gasteiger partial charge in [-0.3, -0.25) is 0 Å². The van der Waals surface area contributed by atoms with E-state index in [4.69, 9.17) is 4.74 Å². The van der Waals surface area contributed by atoms with Crippen LogP contribution >= 0.6 is 15.9 Å². The largest absolute Gasteiger partial charge is 0.497 e. The van der Waals surface area contributed by atoms with Crippen molar-refractivity contribution in [3.05, 3.63) is 58.1 Å². The Morgan fingerprint density at radius 1 is 1.11 bits per heavy atom. The van der Waals surface area contributed by atoms with Crippen LogP contribution in [0.1, 0.15) is 18.1 Å². The molecular formula is C16H18BrNO. The molecule has 2 aromatic rings. The average molecular weight is 320 g/mol. The predicted octanol–water partition coefficient (Wildman–Crippen LogP) is 4.63. The minimum absolute atomic E-state index is 0.818. The molecule has 0 aliphatic carbocycles. The molecule has 0 fully saturated rings. The maximum atomic E-state index is 5.16. The summed E-state index contributed by atoms with van der Waals surface area (Å²) in [5.41, 5.74) is 3.76. The summed E-state index contributed by atoms with van der Waals surface area (Å²) >= 11 is 3.51. The van der Waals surface area contributed by atoms with Crippen molar-refractivity contribution in [1.29, 1.82) is 0 Å². The molecule has 0 bridgehead atoms. The average Bonchev–Trinajstić information content (AvgIpc) is 2.46. The molecule has 0 spiro atoms. The van der Waals surface area contributed by atoms with Gasteiger partial charge in [-0.25, -0.2) is 0 Å². The lowest BCUT2D eigenvalue weighted by atomic mass is 10.1. The molecule has 3 heteroatoms. The van der Waals surface area contributed by atoms with E-state index in [1.165, 1.54) is 16.8 Å². The highest BCUT2D eigenvalue weighted by Crippen LogP contribution is 2.22. The summed E-state index contributed by atoms with van der Waals surface area (Å²) in [6.45, 7) is 2.99. The summed E-state index contributed by atoms with van der Waals surface area (Å²) in [5, 5.41) is 3.48. The fourth-order valence-corrected chi connectivity index (χ4v) is 2.38. The quantitative estimate of drug-likeness (QED) is 0.867. The monoisotopic (exact) mass is 319 g/mol. The summed E-state index contributed by atoms with van der Waals surface area (Å²) in [6.07, 6.45) is 1.02. The van der Waals surface area contributed by atoms with Gasteiger partial charge in [-0.05, 0) is 47.9 Å². The van der Waals surface area contributed by atoms with Crippen molar-refractivity contribution in [2.24, 2.45) is 0 Å². The number of anilines is 1. The predicted molar refractivity (Wildman–Crippen MR) is 83.8 cm³/mol. The second-order valence-electron chi connectivity index (χ2n) is 4.36. The zero-order chi connectivity index (χ0) is 13.7. The highest BCUT2D eigenvalue weighted by Gasteiger charge is 2.01. The van der Waals surface area contributed by atoms with Crippen LogP contribution in [0, 0.1) is 0 Å². The standard InChI is InChI=1S/C16H18BrNO/c1-3-13-10-14(17)6-9-16(13)18-11-12-4-7-15(19-2)8-5-12/h4-10,18H,3,11H2,1-2H3. The lowest BCUT2D eigenvalue weighted by molar-refractivity contribution is 0.414. The Bertz CT molecular complexity index is 537. The number of ether oxygens (including phenoxy) is 1. The van der Waals surface area contributed by atoms with E-state index < -0.39 is 0 Å². The Kier molecular flexibility index (Phi) is 4.86. The maximum absolute atomic E-state index is 5.16. The van der Waals surface area contributed by atoms with Crippen LogP contribution in [0.25, 0.3) is 0 Å². The molecule has 100 valence electrons. The number of methoxy groups -OCH3 is 1. The van der Waals surface area contributed by atoms with E-state index >= 15 is 0 Å². The van der Waals surface area contributed by atoms with E-state index in [-0.39, 0.29) is 0 Å². The van der Waals surface area contributed by atoms with Crippen molar-refractivity contribution >= 4 is 21.6 Å². The van der Waals surface area contributed by atoms with Crippen LogP contribution in [0.3, 0.4) is 0 Å². The van der Waals surface area contributed by atoms with E-state index in [1.807, 2.05) is 12.1 Å². The summed E-state index contributed by atoms with van der Waals surface area (Å²) < 4.78 is 6.28. The van der Waals surface area contributed by atoms with E-state index in [0.29, 0.717) is 0 Å². The number of nitrogens with one attached hydrogen (secondary N) is 1. The van der Waals surface area contributed by atoms with Gasteiger partial charge in [0.05, 0.1) is 7.11 Å². The zero-order valence-electron chi connectivity index (χ0n) is 11.2. The molecule has 0 radical (unpaired) electrons. The molecule has 1 N–H and O–H groups in total. The first-order valence-electron chi connectivity index (χ1n) is 6.38. The van der Waals surface area contributed by atoms with Crippen LogP contribution in [-0.2, 0) is 13.0 Å². The smallest absolute Gasteiger partial charge is 0.118 e. The first kappa shape index (κ1) is 13.9. The van der Waals surface area contributed by atoms with Crippen LogP contribution in [-0.4, -0.2) is 7.11 Å². The summed E-state index contributed by atoms with van der Waals surface area (Å²) in [7, 11) is 1.68. The van der Waals surface area contributed by atoms with Crippen LogP contribution in [0.4, 0.5) is 5.69 Å². The van der Waals surface area contributed by atoms with E-state index in [1.54, 1.807) is 7.11 Å². The first-order valence-corrected chi connectivity index (χ1v) is 7.17. The van der Waals surface area contributed by atoms with Crippen molar-refractivity contribution in [2.75, 3.05) is 12.4 Å². The van der Waals surface area contributed by atoms with Crippen molar-refractivity contribution in [3.8, 4) is 5.75 Å². The van der Waals surface area contributed by atoms with Gasteiger partial charge in [-0.1, -0.05) is 35.0 Å². The van der Waals surface area contributed by atoms with Crippen LogP contribution in [0.2, 0.25) is 0 Å². The molecule has 2 nitrogen and oxygen atoms in total. The third kappa shape index (κ3) is 3.74. The lowest BCUT2D eigenvalue weighted by Gasteiger charge is -2.12. The molecule has 0 atom stereocenters. The summed E-state index contributed by atoms with van der Waals surface area (Å²) in [5.74, 6) is 0.890. The molecule has 0 saturated heterocycles. The summed E-state index contributed by atoms with van der Waals surface area (Å²) in [4.78, 5) is 0. The molecule has 19 heavy (non-hydrogen) atoms. The van der Waals surface area contributed by atoms with Gasteiger partial charge in [0.1, 0.15) is 5.75 Å². The Hall–Kier alpha value is -1.48. The zero-order valence-corrected chi connectivity index (χ0v) is 12.8. The fraction of sp³-hybridized carbons (Fsp3) is 0.250. The SMILES string of the molecule is CCc1cc(Br)ccc1NCc1ccc(OC)cc1. The Morgan fingerprint density at radius 3 is 2.47 bits per heavy atom. The van der Waals surface area contributed by atoms with Gasteiger partial charge in [-0.2, -0.15) is 0 Å². The molecule has 0 saturated carbocycles. The third-order valence-electron chi connectivity index (χ3n) is 3.09. The number of rotatable bonds is 5. The van der Waals surface area contributed by atoms with Gasteiger partial charge in [0.25, 0.3) is 0 Å². The molecule has 0 heterocycles. The number of hydrogen-bond donors (Lipinski definition) is 1. The normalized spacial score (nSPS) is 10.3. The second kappa shape index (κ2) is 6.62. The minimum Gasteiger partial charge on any atom is -0.497 e. The van der Waals surface area contributed by atoms with Crippen molar-refractivity contribution in [2.45, 2.75) is 19.9 Å². The molecule has 2 rings (SSSR count). The molecule has 0 unspecified atom stereocenters. The molecule has 0 aliphatic rings. The van der Waals surface area contributed by atoms with E-state index in [9.17, 15) is 0 Å². The Morgan fingerprint density at radius 2 is 1.84 bits per heavy atom. The molecular weight excluding hydrogens is 302 g/mol. The number of halogens is 1. The van der Waals surface area contributed by atoms with Crippen LogP contribution in [0.15, 0.2) is 46.9 Å². The van der Waals surface area contributed by atoms with Gasteiger partial charge in [-0.15, -0.1) is 0 Å². The number of benzene rings is 2. The van der Waals surface area contributed by atoms with Crippen molar-refractivity contribution in [3.63, 3.8) is 0 Å².